The van der Waals surface area contributed by atoms with Gasteiger partial charge in [0, 0.05) is 12.4 Å². The smallest absolute Gasteiger partial charge is 0.291 e. The van der Waals surface area contributed by atoms with Crippen molar-refractivity contribution in [1.82, 2.24) is 15.4 Å². The summed E-state index contributed by atoms with van der Waals surface area (Å²) in [6, 6.07) is 4.76. The van der Waals surface area contributed by atoms with Crippen LogP contribution in [-0.2, 0) is 0 Å². The van der Waals surface area contributed by atoms with Gasteiger partial charge in [0.15, 0.2) is 11.5 Å². The van der Waals surface area contributed by atoms with E-state index >= 15 is 0 Å². The van der Waals surface area contributed by atoms with Gasteiger partial charge in [-0.3, -0.25) is 9.78 Å². The molecule has 0 saturated carbocycles. The Hall–Kier alpha value is -2.96. The molecule has 0 aliphatic carbocycles. The van der Waals surface area contributed by atoms with Gasteiger partial charge in [0.05, 0.1) is 19.5 Å². The van der Waals surface area contributed by atoms with Crippen molar-refractivity contribution in [3.05, 3.63) is 48.0 Å². The van der Waals surface area contributed by atoms with Gasteiger partial charge in [-0.25, -0.2) is 10.4 Å². The van der Waals surface area contributed by atoms with Crippen LogP contribution in [0.3, 0.4) is 0 Å². The van der Waals surface area contributed by atoms with E-state index in [2.05, 4.69) is 20.5 Å². The number of phenols is 1. The molecule has 0 spiro atoms. The van der Waals surface area contributed by atoms with E-state index in [1.54, 1.807) is 12.1 Å². The molecule has 0 saturated heterocycles. The van der Waals surface area contributed by atoms with Gasteiger partial charge < -0.3 is 9.84 Å². The van der Waals surface area contributed by atoms with Crippen molar-refractivity contribution in [3.63, 3.8) is 0 Å². The Kier molecular flexibility index (Phi) is 4.23. The highest BCUT2D eigenvalue weighted by Crippen LogP contribution is 2.25. The second-order valence-corrected chi connectivity index (χ2v) is 3.72. The maximum absolute atomic E-state index is 11.6. The second kappa shape index (κ2) is 6.28. The molecule has 2 aromatic rings. The van der Waals surface area contributed by atoms with E-state index in [1.165, 1.54) is 38.0 Å². The van der Waals surface area contributed by atoms with Crippen LogP contribution in [0.5, 0.6) is 11.5 Å². The van der Waals surface area contributed by atoms with Crippen LogP contribution < -0.4 is 10.2 Å². The molecule has 2 N–H and O–H groups in total. The monoisotopic (exact) mass is 272 g/mol. The number of carbonyl (C=O) groups is 1. The molecule has 0 fully saturated rings. The zero-order chi connectivity index (χ0) is 14.4. The van der Waals surface area contributed by atoms with Crippen LogP contribution in [0, 0.1) is 0 Å². The second-order valence-electron chi connectivity index (χ2n) is 3.72. The standard InChI is InChI=1S/C13H12N4O3/c1-20-12-3-2-9(6-11(12)18)7-16-17-13(19)10-8-14-4-5-15-10/h2-8,18H,1H3,(H,17,19)/b16-7+. The highest BCUT2D eigenvalue weighted by Gasteiger charge is 2.04. The molecule has 0 atom stereocenters. The minimum Gasteiger partial charge on any atom is -0.504 e. The van der Waals surface area contributed by atoms with E-state index in [9.17, 15) is 9.90 Å². The summed E-state index contributed by atoms with van der Waals surface area (Å²) >= 11 is 0. The normalized spacial score (nSPS) is 10.4. The predicted octanol–water partition coefficient (Wildman–Crippen LogP) is 0.955. The Bertz CT molecular complexity index is 629. The SMILES string of the molecule is COc1ccc(/C=N/NC(=O)c2cnccn2)cc1O. The summed E-state index contributed by atoms with van der Waals surface area (Å²) < 4.78 is 4.92. The molecule has 1 heterocycles. The van der Waals surface area contributed by atoms with Gasteiger partial charge in [0.1, 0.15) is 5.69 Å². The molecule has 0 bridgehead atoms. The Morgan fingerprint density at radius 3 is 2.95 bits per heavy atom. The Balaban J connectivity index is 2.00. The minimum absolute atomic E-state index is 0.00305. The number of hydrogen-bond acceptors (Lipinski definition) is 6. The lowest BCUT2D eigenvalue weighted by Gasteiger charge is -2.03. The Morgan fingerprint density at radius 2 is 2.30 bits per heavy atom. The first kappa shape index (κ1) is 13.5. The van der Waals surface area contributed by atoms with Gasteiger partial charge in [0.2, 0.25) is 0 Å². The van der Waals surface area contributed by atoms with Gasteiger partial charge >= 0.3 is 0 Å². The van der Waals surface area contributed by atoms with E-state index in [-0.39, 0.29) is 11.4 Å². The summed E-state index contributed by atoms with van der Waals surface area (Å²) in [5.74, 6) is -0.102. The van der Waals surface area contributed by atoms with Crippen molar-refractivity contribution in [2.24, 2.45) is 5.10 Å². The lowest BCUT2D eigenvalue weighted by atomic mass is 10.2. The first-order valence-corrected chi connectivity index (χ1v) is 5.67. The predicted molar refractivity (Wildman–Crippen MR) is 71.8 cm³/mol. The van der Waals surface area contributed by atoms with Crippen molar-refractivity contribution in [2.45, 2.75) is 0 Å². The number of nitrogens with zero attached hydrogens (tertiary/aromatic N) is 3. The molecule has 20 heavy (non-hydrogen) atoms. The number of aromatic nitrogens is 2. The number of hydrazone groups is 1. The molecular weight excluding hydrogens is 260 g/mol. The van der Waals surface area contributed by atoms with Crippen molar-refractivity contribution in [2.75, 3.05) is 7.11 Å². The summed E-state index contributed by atoms with van der Waals surface area (Å²) in [5, 5.41) is 13.4. The zero-order valence-corrected chi connectivity index (χ0v) is 10.6. The third-order valence-corrected chi connectivity index (χ3v) is 2.38. The van der Waals surface area contributed by atoms with Gasteiger partial charge in [-0.2, -0.15) is 5.10 Å². The van der Waals surface area contributed by atoms with Crippen LogP contribution in [-0.4, -0.2) is 34.3 Å². The molecule has 0 aliphatic heterocycles. The largest absolute Gasteiger partial charge is 0.504 e. The van der Waals surface area contributed by atoms with E-state index in [0.717, 1.165) is 0 Å². The molecule has 102 valence electrons. The molecule has 1 aromatic heterocycles. The summed E-state index contributed by atoms with van der Waals surface area (Å²) in [6.07, 6.45) is 5.62. The summed E-state index contributed by atoms with van der Waals surface area (Å²) in [6.45, 7) is 0. The van der Waals surface area contributed by atoms with E-state index < -0.39 is 5.91 Å². The first-order chi connectivity index (χ1) is 9.70. The van der Waals surface area contributed by atoms with Crippen molar-refractivity contribution in [1.29, 1.82) is 0 Å². The van der Waals surface area contributed by atoms with Crippen molar-refractivity contribution >= 4 is 12.1 Å². The van der Waals surface area contributed by atoms with Crippen LogP contribution in [0.2, 0.25) is 0 Å². The fraction of sp³-hybridized carbons (Fsp3) is 0.0769. The van der Waals surface area contributed by atoms with Crippen LogP contribution in [0.1, 0.15) is 16.1 Å². The van der Waals surface area contributed by atoms with Gasteiger partial charge in [0.25, 0.3) is 5.91 Å². The zero-order valence-electron chi connectivity index (χ0n) is 10.6. The van der Waals surface area contributed by atoms with Gasteiger partial charge in [-0.15, -0.1) is 0 Å². The molecule has 1 aromatic carbocycles. The molecule has 0 aliphatic rings. The van der Waals surface area contributed by atoms with Gasteiger partial charge in [-0.05, 0) is 23.8 Å². The molecular formula is C13H12N4O3. The third kappa shape index (κ3) is 3.29. The lowest BCUT2D eigenvalue weighted by molar-refractivity contribution is 0.0949. The first-order valence-electron chi connectivity index (χ1n) is 5.67. The van der Waals surface area contributed by atoms with Crippen LogP contribution >= 0.6 is 0 Å². The number of methoxy groups -OCH3 is 1. The summed E-state index contributed by atoms with van der Waals surface area (Å²) in [7, 11) is 1.46. The van der Waals surface area contributed by atoms with E-state index in [4.69, 9.17) is 4.74 Å². The number of nitrogens with one attached hydrogen (secondary N) is 1. The topological polar surface area (TPSA) is 96.7 Å². The molecule has 0 unspecified atom stereocenters. The average Bonchev–Trinajstić information content (AvgIpc) is 2.48. The maximum atomic E-state index is 11.6. The fourth-order valence-electron chi connectivity index (χ4n) is 1.43. The Labute approximate surface area is 115 Å². The molecule has 7 heteroatoms. The van der Waals surface area contributed by atoms with E-state index in [1.807, 2.05) is 0 Å². The quantitative estimate of drug-likeness (QED) is 0.638. The number of amides is 1. The average molecular weight is 272 g/mol. The third-order valence-electron chi connectivity index (χ3n) is 2.38. The number of benzene rings is 1. The molecule has 0 radical (unpaired) electrons. The minimum atomic E-state index is -0.466. The summed E-state index contributed by atoms with van der Waals surface area (Å²) in [5.41, 5.74) is 3.09. The number of ether oxygens (including phenoxy) is 1. The molecule has 1 amide bonds. The summed E-state index contributed by atoms with van der Waals surface area (Å²) in [4.78, 5) is 19.2. The van der Waals surface area contributed by atoms with Crippen molar-refractivity contribution < 1.29 is 14.6 Å². The van der Waals surface area contributed by atoms with E-state index in [0.29, 0.717) is 11.3 Å². The number of hydrogen-bond donors (Lipinski definition) is 2. The maximum Gasteiger partial charge on any atom is 0.291 e. The molecule has 7 nitrogen and oxygen atoms in total. The molecule has 2 rings (SSSR count). The van der Waals surface area contributed by atoms with Crippen molar-refractivity contribution in [3.8, 4) is 11.5 Å². The number of aromatic hydroxyl groups is 1. The van der Waals surface area contributed by atoms with Crippen LogP contribution in [0.15, 0.2) is 41.9 Å². The lowest BCUT2D eigenvalue weighted by Crippen LogP contribution is -2.19. The van der Waals surface area contributed by atoms with Crippen LogP contribution in [0.25, 0.3) is 0 Å². The fourth-order valence-corrected chi connectivity index (χ4v) is 1.43. The van der Waals surface area contributed by atoms with Crippen LogP contribution in [0.4, 0.5) is 0 Å². The highest BCUT2D eigenvalue weighted by molar-refractivity contribution is 5.92. The number of phenolic OH excluding ortho intramolecular Hbond substituents is 1. The highest BCUT2D eigenvalue weighted by atomic mass is 16.5. The number of carbonyl (C=O) groups excluding carboxylic acids is 1. The Morgan fingerprint density at radius 1 is 1.45 bits per heavy atom. The number of rotatable bonds is 4. The van der Waals surface area contributed by atoms with Gasteiger partial charge in [-0.1, -0.05) is 0 Å².